The van der Waals surface area contributed by atoms with E-state index in [1.54, 1.807) is 20.2 Å². The van der Waals surface area contributed by atoms with Crippen LogP contribution in [0.1, 0.15) is 27.9 Å². The van der Waals surface area contributed by atoms with Gasteiger partial charge in [-0.05, 0) is 50.6 Å². The number of likely N-dealkylation sites (N-methyl/N-ethyl adjacent to an activating group) is 1. The second kappa shape index (κ2) is 8.33. The molecule has 4 atom stereocenters. The minimum atomic E-state index is -2.64. The average molecular weight is 511 g/mol. The molecule has 0 heterocycles. The predicted molar refractivity (Wildman–Crippen MR) is 134 cm³/mol. The maximum Gasteiger partial charge on any atom is 0.255 e. The highest BCUT2D eigenvalue weighted by molar-refractivity contribution is 6.83. The van der Waals surface area contributed by atoms with Gasteiger partial charge in [0.25, 0.3) is 5.91 Å². The number of rotatable bonds is 2. The van der Waals surface area contributed by atoms with Crippen LogP contribution in [0.5, 0.6) is 5.75 Å². The second-order valence-corrected chi connectivity index (χ2v) is 15.7. The van der Waals surface area contributed by atoms with Crippen molar-refractivity contribution in [1.82, 2.24) is 4.90 Å². The summed E-state index contributed by atoms with van der Waals surface area (Å²) < 4.78 is 0. The number of carbonyl (C=O) groups is 3. The molecule has 36 heavy (non-hydrogen) atoms. The third-order valence-electron chi connectivity index (χ3n) is 7.18. The van der Waals surface area contributed by atoms with Crippen molar-refractivity contribution in [2.45, 2.75) is 44.1 Å². The van der Waals surface area contributed by atoms with Gasteiger partial charge in [-0.15, -0.1) is 5.54 Å². The van der Waals surface area contributed by atoms with Gasteiger partial charge in [0.2, 0.25) is 5.78 Å². The van der Waals surface area contributed by atoms with E-state index in [2.05, 4.69) is 31.1 Å². The number of hydrogen-bond acceptors (Lipinski definition) is 8. The van der Waals surface area contributed by atoms with E-state index in [0.717, 1.165) is 0 Å². The smallest absolute Gasteiger partial charge is 0.255 e. The van der Waals surface area contributed by atoms with Crippen LogP contribution in [0.2, 0.25) is 19.6 Å². The number of hydrogen-bond donors (Lipinski definition) is 5. The molecule has 3 aliphatic carbocycles. The summed E-state index contributed by atoms with van der Waals surface area (Å²) in [6.07, 6.45) is 0.265. The van der Waals surface area contributed by atoms with Gasteiger partial charge in [-0.3, -0.25) is 19.3 Å². The summed E-state index contributed by atoms with van der Waals surface area (Å²) in [5.74, 6) is -3.51. The highest BCUT2D eigenvalue weighted by atomic mass is 28.3. The number of allylic oxidation sites excluding steroid dienone is 1. The Balaban J connectivity index is 1.95. The Morgan fingerprint density at radius 2 is 1.81 bits per heavy atom. The number of aromatic hydroxyl groups is 1. The van der Waals surface area contributed by atoms with Gasteiger partial charge in [-0.2, -0.15) is 0 Å². The topological polar surface area (TPSA) is 161 Å². The summed E-state index contributed by atoms with van der Waals surface area (Å²) in [7, 11) is 1.43. The number of benzene rings is 1. The zero-order valence-corrected chi connectivity index (χ0v) is 21.8. The number of fused-ring (bicyclic) bond motifs is 3. The molecule has 0 unspecified atom stereocenters. The number of Topliss-reactive ketones (excluding diaryl/α,β-unsaturated/α-hetero) is 2. The molecule has 10 heteroatoms. The number of phenolic OH excluding ortho intramolecular Hbond substituents is 1. The van der Waals surface area contributed by atoms with Crippen LogP contribution < -0.4 is 5.73 Å². The Hall–Kier alpha value is -3.39. The van der Waals surface area contributed by atoms with Crippen LogP contribution in [-0.4, -0.2) is 76.6 Å². The molecule has 1 amide bonds. The maximum absolute atomic E-state index is 13.7. The van der Waals surface area contributed by atoms with Gasteiger partial charge in [-0.25, -0.2) is 0 Å². The molecule has 0 bridgehead atoms. The Bertz CT molecular complexity index is 1340. The molecule has 0 aromatic heterocycles. The minimum Gasteiger partial charge on any atom is -0.510 e. The molecular weight excluding hydrogens is 480 g/mol. The Labute approximate surface area is 209 Å². The number of amides is 1. The lowest BCUT2D eigenvalue weighted by molar-refractivity contribution is -0.148. The summed E-state index contributed by atoms with van der Waals surface area (Å²) in [4.78, 5) is 40.5. The van der Waals surface area contributed by atoms with Crippen LogP contribution in [0.3, 0.4) is 0 Å². The van der Waals surface area contributed by atoms with Crippen LogP contribution in [0.15, 0.2) is 34.8 Å². The van der Waals surface area contributed by atoms with Crippen molar-refractivity contribution in [2.24, 2.45) is 17.6 Å². The van der Waals surface area contributed by atoms with Crippen LogP contribution >= 0.6 is 0 Å². The zero-order valence-electron chi connectivity index (χ0n) is 20.8. The number of aliphatic hydroxyl groups is 3. The number of phenols is 1. The second-order valence-electron chi connectivity index (χ2n) is 10.9. The molecule has 1 aromatic rings. The lowest BCUT2D eigenvalue weighted by atomic mass is 9.58. The highest BCUT2D eigenvalue weighted by Crippen LogP contribution is 2.52. The van der Waals surface area contributed by atoms with Gasteiger partial charge in [0.15, 0.2) is 11.4 Å². The summed E-state index contributed by atoms with van der Waals surface area (Å²) in [6, 6.07) is 2.00. The van der Waals surface area contributed by atoms with Gasteiger partial charge in [0.05, 0.1) is 11.6 Å². The first-order valence-corrected chi connectivity index (χ1v) is 15.1. The number of nitrogens with zero attached hydrogens (tertiary/aromatic N) is 1. The van der Waals surface area contributed by atoms with Crippen molar-refractivity contribution in [1.29, 1.82) is 0 Å². The Morgan fingerprint density at radius 1 is 1.17 bits per heavy atom. The van der Waals surface area contributed by atoms with Crippen molar-refractivity contribution in [3.05, 3.63) is 51.5 Å². The summed E-state index contributed by atoms with van der Waals surface area (Å²) in [5.41, 5.74) is 6.07. The number of nitrogens with two attached hydrogens (primary N) is 1. The Kier molecular flexibility index (Phi) is 5.95. The molecule has 0 saturated heterocycles. The summed E-state index contributed by atoms with van der Waals surface area (Å²) in [6.45, 7) is 6.25. The standard InChI is InChI=1S/C26H30N2O7Si/c1-28(2)20-15-11-13-10-14-12(8-9-36(3,4)5)6-7-16(29)18(14)21(30)17(13)23(32)26(15,35)24(33)19(22(20)31)25(27)34/h6-7,13,15,20,29,31-32,35H,10-11H2,1-5H3,(H2,27,34)/t13-,15-,20-,26-/m0/s1. The van der Waals surface area contributed by atoms with Gasteiger partial charge >= 0.3 is 0 Å². The largest absolute Gasteiger partial charge is 0.510 e. The maximum atomic E-state index is 13.7. The average Bonchev–Trinajstić information content (AvgIpc) is 2.74. The molecule has 0 fully saturated rings. The summed E-state index contributed by atoms with van der Waals surface area (Å²) in [5, 5.41) is 44.3. The monoisotopic (exact) mass is 510 g/mol. The van der Waals surface area contributed by atoms with Crippen LogP contribution in [0.4, 0.5) is 0 Å². The van der Waals surface area contributed by atoms with E-state index in [9.17, 15) is 34.8 Å². The molecule has 9 nitrogen and oxygen atoms in total. The lowest BCUT2D eigenvalue weighted by Gasteiger charge is -2.50. The predicted octanol–water partition coefficient (Wildman–Crippen LogP) is 1.35. The molecule has 0 radical (unpaired) electrons. The quantitative estimate of drug-likeness (QED) is 0.226. The number of carbonyl (C=O) groups excluding carboxylic acids is 3. The summed E-state index contributed by atoms with van der Waals surface area (Å²) >= 11 is 0. The number of aliphatic hydroxyl groups excluding tert-OH is 2. The van der Waals surface area contributed by atoms with Gasteiger partial charge in [-0.1, -0.05) is 25.6 Å². The first-order chi connectivity index (χ1) is 16.6. The van der Waals surface area contributed by atoms with E-state index in [1.165, 1.54) is 11.0 Å². The highest BCUT2D eigenvalue weighted by Gasteiger charge is 2.63. The fourth-order valence-corrected chi connectivity index (χ4v) is 6.13. The van der Waals surface area contributed by atoms with Crippen molar-refractivity contribution in [3.63, 3.8) is 0 Å². The molecule has 6 N–H and O–H groups in total. The SMILES string of the molecule is CN(C)[C@@H]1C(O)=C(C(N)=O)C(=O)[C@@]2(O)C(O)=C3C(=O)c4c(O)ccc(C#C[Si](C)(C)C)c4C[C@H]3C[C@@H]12. The van der Waals surface area contributed by atoms with Gasteiger partial charge < -0.3 is 26.2 Å². The van der Waals surface area contributed by atoms with E-state index in [4.69, 9.17) is 5.73 Å². The normalized spacial score (nSPS) is 27.8. The molecule has 190 valence electrons. The van der Waals surface area contributed by atoms with Crippen LogP contribution in [0.25, 0.3) is 0 Å². The van der Waals surface area contributed by atoms with Crippen LogP contribution in [-0.2, 0) is 16.0 Å². The van der Waals surface area contributed by atoms with Gasteiger partial charge in [0, 0.05) is 17.1 Å². The van der Waals surface area contributed by atoms with E-state index >= 15 is 0 Å². The van der Waals surface area contributed by atoms with Crippen molar-refractivity contribution < 1.29 is 34.8 Å². The molecule has 4 rings (SSSR count). The first kappa shape index (κ1) is 25.7. The lowest BCUT2D eigenvalue weighted by Crippen LogP contribution is -2.63. The van der Waals surface area contributed by atoms with E-state index < -0.39 is 66.1 Å². The Morgan fingerprint density at radius 3 is 2.36 bits per heavy atom. The number of ketones is 2. The number of primary amides is 1. The van der Waals surface area contributed by atoms with E-state index in [1.807, 2.05) is 0 Å². The van der Waals surface area contributed by atoms with Crippen molar-refractivity contribution in [2.75, 3.05) is 14.1 Å². The first-order valence-electron chi connectivity index (χ1n) is 11.6. The molecule has 0 aliphatic heterocycles. The fourth-order valence-electron chi connectivity index (χ4n) is 5.62. The molecule has 0 saturated carbocycles. The van der Waals surface area contributed by atoms with Gasteiger partial charge in [0.1, 0.15) is 30.9 Å². The molecule has 0 spiro atoms. The third-order valence-corrected chi connectivity index (χ3v) is 8.05. The fraction of sp³-hybridized carbons (Fsp3) is 0.423. The molecule has 3 aliphatic rings. The minimum absolute atomic E-state index is 0.0295. The third kappa shape index (κ3) is 3.66. The molecular formula is C26H30N2O7Si. The molecule has 1 aromatic carbocycles. The zero-order chi connectivity index (χ0) is 26.9. The van der Waals surface area contributed by atoms with Crippen molar-refractivity contribution >= 4 is 25.5 Å². The van der Waals surface area contributed by atoms with E-state index in [0.29, 0.717) is 11.1 Å². The van der Waals surface area contributed by atoms with Crippen molar-refractivity contribution in [3.8, 4) is 17.2 Å². The van der Waals surface area contributed by atoms with Crippen LogP contribution in [0, 0.1) is 23.3 Å². The van der Waals surface area contributed by atoms with E-state index in [-0.39, 0.29) is 29.7 Å².